The van der Waals surface area contributed by atoms with E-state index < -0.39 is 16.6 Å². The van der Waals surface area contributed by atoms with Crippen molar-refractivity contribution in [1.29, 1.82) is 5.26 Å². The number of rotatable bonds is 8. The average molecular weight is 304 g/mol. The summed E-state index contributed by atoms with van der Waals surface area (Å²) in [4.78, 5) is 21.6. The van der Waals surface area contributed by atoms with Crippen molar-refractivity contribution in [3.8, 4) is 6.07 Å². The van der Waals surface area contributed by atoms with Crippen LogP contribution in [0.4, 0.5) is 11.4 Å². The molecule has 0 radical (unpaired) electrons. The molecule has 0 atom stereocenters. The van der Waals surface area contributed by atoms with Crippen LogP contribution in [0.2, 0.25) is 0 Å². The Bertz CT molecular complexity index is 590. The minimum atomic E-state index is -0.798. The van der Waals surface area contributed by atoms with Gasteiger partial charge in [-0.25, -0.2) is 4.79 Å². The third kappa shape index (κ3) is 5.58. The van der Waals surface area contributed by atoms with Crippen molar-refractivity contribution in [1.82, 2.24) is 0 Å². The number of benzene rings is 1. The molecule has 1 N–H and O–H groups in total. The number of carbonyl (C=O) groups excluding carboxylic acids is 1. The predicted octanol–water partition coefficient (Wildman–Crippen LogP) is 2.62. The van der Waals surface area contributed by atoms with Crippen LogP contribution >= 0.6 is 0 Å². The number of hydrazone groups is 1. The van der Waals surface area contributed by atoms with E-state index in [1.165, 1.54) is 24.3 Å². The maximum absolute atomic E-state index is 11.6. The normalized spacial score (nSPS) is 10.6. The van der Waals surface area contributed by atoms with Gasteiger partial charge in [0.1, 0.15) is 6.07 Å². The van der Waals surface area contributed by atoms with Crippen LogP contribution in [-0.4, -0.2) is 23.2 Å². The fourth-order valence-corrected chi connectivity index (χ4v) is 1.48. The number of hydrogen-bond acceptors (Lipinski definition) is 7. The molecule has 0 aromatic heterocycles. The second-order valence-corrected chi connectivity index (χ2v) is 4.33. The Morgan fingerprint density at radius 3 is 2.64 bits per heavy atom. The fourth-order valence-electron chi connectivity index (χ4n) is 1.48. The van der Waals surface area contributed by atoms with Crippen molar-refractivity contribution in [3.05, 3.63) is 34.4 Å². The largest absolute Gasteiger partial charge is 0.460 e. The maximum Gasteiger partial charge on any atom is 0.369 e. The molecule has 0 aliphatic rings. The van der Waals surface area contributed by atoms with E-state index in [-0.39, 0.29) is 12.3 Å². The van der Waals surface area contributed by atoms with Crippen molar-refractivity contribution >= 4 is 23.1 Å². The van der Waals surface area contributed by atoms with E-state index in [0.29, 0.717) is 5.69 Å². The van der Waals surface area contributed by atoms with Gasteiger partial charge in [0, 0.05) is 12.1 Å². The monoisotopic (exact) mass is 304 g/mol. The lowest BCUT2D eigenvalue weighted by atomic mass is 10.3. The van der Waals surface area contributed by atoms with Gasteiger partial charge in [-0.05, 0) is 18.6 Å². The second-order valence-electron chi connectivity index (χ2n) is 4.33. The molecule has 8 heteroatoms. The highest BCUT2D eigenvalue weighted by molar-refractivity contribution is 6.43. The lowest BCUT2D eigenvalue weighted by Gasteiger charge is -2.03. The number of esters is 1. The molecule has 0 aliphatic heterocycles. The number of ether oxygens (including phenoxy) is 1. The summed E-state index contributed by atoms with van der Waals surface area (Å²) in [6.45, 7) is 2.27. The number of nitrogens with zero attached hydrogens (tertiary/aromatic N) is 3. The first kappa shape index (κ1) is 17.1. The van der Waals surface area contributed by atoms with Gasteiger partial charge in [-0.1, -0.05) is 19.8 Å². The molecule has 0 unspecified atom stereocenters. The molecule has 0 fully saturated rings. The van der Waals surface area contributed by atoms with Crippen LogP contribution in [0, 0.1) is 21.4 Å². The van der Waals surface area contributed by atoms with Gasteiger partial charge in [0.05, 0.1) is 17.2 Å². The van der Waals surface area contributed by atoms with E-state index in [0.717, 1.165) is 19.3 Å². The highest BCUT2D eigenvalue weighted by Gasteiger charge is 2.12. The SMILES string of the molecule is CCCCCOC(=O)/C(C#N)=N\Nc1ccc([N+](=O)[O-])cc1. The minimum absolute atomic E-state index is 0.0645. The number of hydrogen-bond donors (Lipinski definition) is 1. The molecular weight excluding hydrogens is 288 g/mol. The van der Waals surface area contributed by atoms with Crippen LogP contribution in [0.15, 0.2) is 29.4 Å². The number of carbonyl (C=O) groups is 1. The summed E-state index contributed by atoms with van der Waals surface area (Å²) in [6.07, 6.45) is 2.67. The van der Waals surface area contributed by atoms with Crippen LogP contribution in [-0.2, 0) is 9.53 Å². The molecule has 0 aliphatic carbocycles. The fraction of sp³-hybridized carbons (Fsp3) is 0.357. The number of nitriles is 1. The van der Waals surface area contributed by atoms with E-state index in [1.54, 1.807) is 6.07 Å². The number of nitrogens with one attached hydrogen (secondary N) is 1. The van der Waals surface area contributed by atoms with Gasteiger partial charge in [0.15, 0.2) is 0 Å². The van der Waals surface area contributed by atoms with E-state index in [9.17, 15) is 14.9 Å². The number of nitro benzene ring substituents is 1. The summed E-state index contributed by atoms with van der Waals surface area (Å²) in [6, 6.07) is 7.06. The quantitative estimate of drug-likeness (QED) is 0.259. The standard InChI is InChI=1S/C14H16N4O4/c1-2-3-4-9-22-14(19)13(10-15)17-16-11-5-7-12(8-6-11)18(20)21/h5-8,16H,2-4,9H2,1H3/b17-13-. The Morgan fingerprint density at radius 1 is 1.41 bits per heavy atom. The van der Waals surface area contributed by atoms with Crippen molar-refractivity contribution < 1.29 is 14.5 Å². The molecule has 0 saturated carbocycles. The van der Waals surface area contributed by atoms with Crippen LogP contribution in [0.1, 0.15) is 26.2 Å². The van der Waals surface area contributed by atoms with Crippen LogP contribution in [0.25, 0.3) is 0 Å². The Balaban J connectivity index is 2.59. The molecule has 0 heterocycles. The number of nitro groups is 1. The summed E-state index contributed by atoms with van der Waals surface area (Å²) >= 11 is 0. The summed E-state index contributed by atoms with van der Waals surface area (Å²) in [7, 11) is 0. The predicted molar refractivity (Wildman–Crippen MR) is 80.3 cm³/mol. The van der Waals surface area contributed by atoms with E-state index in [2.05, 4.69) is 10.5 Å². The molecule has 1 rings (SSSR count). The molecule has 1 aromatic rings. The van der Waals surface area contributed by atoms with Crippen molar-refractivity contribution in [3.63, 3.8) is 0 Å². The smallest absolute Gasteiger partial charge is 0.369 e. The molecule has 22 heavy (non-hydrogen) atoms. The lowest BCUT2D eigenvalue weighted by molar-refractivity contribution is -0.384. The van der Waals surface area contributed by atoms with Gasteiger partial charge < -0.3 is 4.74 Å². The van der Waals surface area contributed by atoms with E-state index in [4.69, 9.17) is 10.00 Å². The first-order chi connectivity index (χ1) is 10.6. The highest BCUT2D eigenvalue weighted by atomic mass is 16.6. The van der Waals surface area contributed by atoms with Crippen LogP contribution in [0.3, 0.4) is 0 Å². The molecule has 8 nitrogen and oxygen atoms in total. The van der Waals surface area contributed by atoms with Crippen molar-refractivity contribution in [2.24, 2.45) is 5.10 Å². The first-order valence-corrected chi connectivity index (χ1v) is 6.73. The van der Waals surface area contributed by atoms with Crippen molar-refractivity contribution in [2.75, 3.05) is 12.0 Å². The molecular formula is C14H16N4O4. The maximum atomic E-state index is 11.6. The molecule has 0 amide bonds. The van der Waals surface area contributed by atoms with Crippen LogP contribution < -0.4 is 5.43 Å². The lowest BCUT2D eigenvalue weighted by Crippen LogP contribution is -2.18. The topological polar surface area (TPSA) is 118 Å². The third-order valence-corrected chi connectivity index (χ3v) is 2.66. The Kier molecular flexibility index (Phi) is 7.05. The summed E-state index contributed by atoms with van der Waals surface area (Å²) in [5.41, 5.74) is 2.43. The van der Waals surface area contributed by atoms with Crippen LogP contribution in [0.5, 0.6) is 0 Å². The Hall–Kier alpha value is -2.95. The first-order valence-electron chi connectivity index (χ1n) is 6.73. The number of anilines is 1. The Labute approximate surface area is 127 Å². The van der Waals surface area contributed by atoms with Gasteiger partial charge in [-0.3, -0.25) is 15.5 Å². The van der Waals surface area contributed by atoms with Gasteiger partial charge in [-0.2, -0.15) is 10.4 Å². The molecule has 116 valence electrons. The van der Waals surface area contributed by atoms with Gasteiger partial charge >= 0.3 is 5.97 Å². The Morgan fingerprint density at radius 2 is 2.09 bits per heavy atom. The summed E-state index contributed by atoms with van der Waals surface area (Å²) in [5, 5.41) is 23.0. The zero-order valence-corrected chi connectivity index (χ0v) is 12.1. The van der Waals surface area contributed by atoms with Crippen molar-refractivity contribution in [2.45, 2.75) is 26.2 Å². The van der Waals surface area contributed by atoms with E-state index in [1.807, 2.05) is 6.92 Å². The number of non-ortho nitro benzene ring substituents is 1. The van der Waals surface area contributed by atoms with Gasteiger partial charge in [0.25, 0.3) is 5.69 Å². The van der Waals surface area contributed by atoms with Gasteiger partial charge in [-0.15, -0.1) is 0 Å². The molecule has 0 saturated heterocycles. The molecule has 0 bridgehead atoms. The highest BCUT2D eigenvalue weighted by Crippen LogP contribution is 2.15. The third-order valence-electron chi connectivity index (χ3n) is 2.66. The zero-order valence-electron chi connectivity index (χ0n) is 12.1. The number of unbranched alkanes of at least 4 members (excludes halogenated alkanes) is 2. The zero-order chi connectivity index (χ0) is 16.4. The summed E-state index contributed by atoms with van der Waals surface area (Å²) < 4.78 is 4.91. The second kappa shape index (κ2) is 9.07. The summed E-state index contributed by atoms with van der Waals surface area (Å²) in [5.74, 6) is -0.798. The average Bonchev–Trinajstić information content (AvgIpc) is 2.52. The minimum Gasteiger partial charge on any atom is -0.460 e. The molecule has 0 spiro atoms. The van der Waals surface area contributed by atoms with Gasteiger partial charge in [0.2, 0.25) is 5.71 Å². The molecule has 1 aromatic carbocycles. The van der Waals surface area contributed by atoms with E-state index >= 15 is 0 Å².